The first-order chi connectivity index (χ1) is 10.3. The van der Waals surface area contributed by atoms with E-state index in [0.717, 1.165) is 23.4 Å². The van der Waals surface area contributed by atoms with Gasteiger partial charge in [0.2, 0.25) is 0 Å². The van der Waals surface area contributed by atoms with Crippen LogP contribution >= 0.6 is 0 Å². The Kier molecular flexibility index (Phi) is 4.34. The van der Waals surface area contributed by atoms with Gasteiger partial charge in [0.15, 0.2) is 5.65 Å². The van der Waals surface area contributed by atoms with Crippen LogP contribution < -0.4 is 5.32 Å². The largest absolute Gasteiger partial charge is 0.376 e. The minimum atomic E-state index is 0.421. The van der Waals surface area contributed by atoms with E-state index in [0.29, 0.717) is 18.6 Å². The molecule has 2 aromatic rings. The monoisotopic (exact) mass is 289 g/mol. The molecule has 1 N–H and O–H groups in total. The topological polar surface area (TPSA) is 64.9 Å². The standard InChI is InChI=1S/C15H23N5O/c1-11-5-3-4-6-13(11)21-8-7-16-14-12-9-19-20(2)15(12)18-10-17-14/h9-11,13H,3-8H2,1-2H3,(H,16,17,18)/t11-,13+/m0/s1. The summed E-state index contributed by atoms with van der Waals surface area (Å²) in [6.45, 7) is 3.76. The van der Waals surface area contributed by atoms with Gasteiger partial charge in [-0.2, -0.15) is 5.10 Å². The predicted octanol–water partition coefficient (Wildman–Crippen LogP) is 2.37. The first kappa shape index (κ1) is 14.3. The Balaban J connectivity index is 1.52. The van der Waals surface area contributed by atoms with Gasteiger partial charge in [-0.3, -0.25) is 4.68 Å². The molecule has 0 aliphatic heterocycles. The van der Waals surface area contributed by atoms with Crippen molar-refractivity contribution in [3.8, 4) is 0 Å². The minimum Gasteiger partial charge on any atom is -0.376 e. The average Bonchev–Trinajstić information content (AvgIpc) is 2.88. The second-order valence-corrected chi connectivity index (χ2v) is 5.83. The molecule has 0 saturated heterocycles. The van der Waals surface area contributed by atoms with Crippen LogP contribution in [0.1, 0.15) is 32.6 Å². The SMILES string of the molecule is C[C@H]1CCCC[C@H]1OCCNc1ncnc2c1cnn2C. The minimum absolute atomic E-state index is 0.421. The van der Waals surface area contributed by atoms with Gasteiger partial charge in [-0.15, -0.1) is 0 Å². The van der Waals surface area contributed by atoms with E-state index in [-0.39, 0.29) is 0 Å². The molecule has 0 spiro atoms. The average molecular weight is 289 g/mol. The smallest absolute Gasteiger partial charge is 0.163 e. The lowest BCUT2D eigenvalue weighted by molar-refractivity contribution is 0.000380. The van der Waals surface area contributed by atoms with E-state index >= 15 is 0 Å². The normalized spacial score (nSPS) is 22.6. The highest BCUT2D eigenvalue weighted by Gasteiger charge is 2.21. The summed E-state index contributed by atoms with van der Waals surface area (Å²) < 4.78 is 7.76. The summed E-state index contributed by atoms with van der Waals surface area (Å²) in [6.07, 6.45) is 8.91. The van der Waals surface area contributed by atoms with Crippen molar-refractivity contribution >= 4 is 16.9 Å². The zero-order valence-corrected chi connectivity index (χ0v) is 12.7. The highest BCUT2D eigenvalue weighted by Crippen LogP contribution is 2.26. The van der Waals surface area contributed by atoms with E-state index in [2.05, 4.69) is 27.3 Å². The molecular formula is C15H23N5O. The van der Waals surface area contributed by atoms with Gasteiger partial charge in [-0.25, -0.2) is 9.97 Å². The van der Waals surface area contributed by atoms with Gasteiger partial charge in [-0.1, -0.05) is 19.8 Å². The molecule has 1 saturated carbocycles. The van der Waals surface area contributed by atoms with Gasteiger partial charge in [0, 0.05) is 13.6 Å². The molecule has 114 valence electrons. The van der Waals surface area contributed by atoms with E-state index in [1.807, 2.05) is 7.05 Å². The third-order valence-corrected chi connectivity index (χ3v) is 4.29. The third kappa shape index (κ3) is 3.15. The lowest BCUT2D eigenvalue weighted by Gasteiger charge is -2.28. The molecule has 0 unspecified atom stereocenters. The Morgan fingerprint density at radius 2 is 2.19 bits per heavy atom. The second kappa shape index (κ2) is 6.39. The molecule has 1 aliphatic carbocycles. The molecule has 1 aliphatic rings. The molecule has 0 radical (unpaired) electrons. The van der Waals surface area contributed by atoms with Crippen LogP contribution in [0, 0.1) is 5.92 Å². The van der Waals surface area contributed by atoms with Gasteiger partial charge in [0.25, 0.3) is 0 Å². The number of aryl methyl sites for hydroxylation is 1. The molecular weight excluding hydrogens is 266 g/mol. The summed E-state index contributed by atoms with van der Waals surface area (Å²) in [7, 11) is 1.88. The van der Waals surface area contributed by atoms with E-state index in [1.165, 1.54) is 25.7 Å². The van der Waals surface area contributed by atoms with Crippen LogP contribution in [0.4, 0.5) is 5.82 Å². The number of hydrogen-bond acceptors (Lipinski definition) is 5. The summed E-state index contributed by atoms with van der Waals surface area (Å²) >= 11 is 0. The van der Waals surface area contributed by atoms with Crippen molar-refractivity contribution in [3.05, 3.63) is 12.5 Å². The van der Waals surface area contributed by atoms with Gasteiger partial charge in [0.05, 0.1) is 24.3 Å². The Labute approximate surface area is 124 Å². The van der Waals surface area contributed by atoms with Crippen molar-refractivity contribution in [1.29, 1.82) is 0 Å². The van der Waals surface area contributed by atoms with Crippen molar-refractivity contribution in [2.24, 2.45) is 13.0 Å². The summed E-state index contributed by atoms with van der Waals surface area (Å²) in [5, 5.41) is 8.49. The Morgan fingerprint density at radius 3 is 3.05 bits per heavy atom. The molecule has 21 heavy (non-hydrogen) atoms. The molecule has 1 fully saturated rings. The van der Waals surface area contributed by atoms with Gasteiger partial charge in [0.1, 0.15) is 12.1 Å². The van der Waals surface area contributed by atoms with Gasteiger partial charge < -0.3 is 10.1 Å². The second-order valence-electron chi connectivity index (χ2n) is 5.83. The predicted molar refractivity (Wildman–Crippen MR) is 82.2 cm³/mol. The van der Waals surface area contributed by atoms with E-state index in [9.17, 15) is 0 Å². The van der Waals surface area contributed by atoms with Crippen LogP contribution in [0.3, 0.4) is 0 Å². The molecule has 2 heterocycles. The summed E-state index contributed by atoms with van der Waals surface area (Å²) in [6, 6.07) is 0. The molecule has 0 bridgehead atoms. The van der Waals surface area contributed by atoms with Crippen LogP contribution in [-0.4, -0.2) is 39.0 Å². The zero-order chi connectivity index (χ0) is 14.7. The number of hydrogen-bond donors (Lipinski definition) is 1. The van der Waals surface area contributed by atoms with Crippen molar-refractivity contribution in [3.63, 3.8) is 0 Å². The number of anilines is 1. The van der Waals surface area contributed by atoms with Crippen LogP contribution in [-0.2, 0) is 11.8 Å². The van der Waals surface area contributed by atoms with Crippen molar-refractivity contribution in [2.75, 3.05) is 18.5 Å². The Hall–Kier alpha value is -1.69. The quantitative estimate of drug-likeness (QED) is 0.856. The third-order valence-electron chi connectivity index (χ3n) is 4.29. The number of nitrogens with zero attached hydrogens (tertiary/aromatic N) is 4. The molecule has 2 aromatic heterocycles. The summed E-state index contributed by atoms with van der Waals surface area (Å²) in [4.78, 5) is 8.52. The lowest BCUT2D eigenvalue weighted by atomic mass is 9.88. The number of rotatable bonds is 5. The van der Waals surface area contributed by atoms with Gasteiger partial charge >= 0.3 is 0 Å². The number of aromatic nitrogens is 4. The van der Waals surface area contributed by atoms with Crippen LogP contribution in [0.25, 0.3) is 11.0 Å². The zero-order valence-electron chi connectivity index (χ0n) is 12.7. The first-order valence-corrected chi connectivity index (χ1v) is 7.74. The maximum absolute atomic E-state index is 6.01. The highest BCUT2D eigenvalue weighted by atomic mass is 16.5. The molecule has 0 aromatic carbocycles. The fourth-order valence-electron chi connectivity index (χ4n) is 3.01. The van der Waals surface area contributed by atoms with E-state index in [4.69, 9.17) is 4.74 Å². The number of fused-ring (bicyclic) bond motifs is 1. The fourth-order valence-corrected chi connectivity index (χ4v) is 3.01. The molecule has 0 amide bonds. The fraction of sp³-hybridized carbons (Fsp3) is 0.667. The molecule has 6 nitrogen and oxygen atoms in total. The molecule has 3 rings (SSSR count). The summed E-state index contributed by atoms with van der Waals surface area (Å²) in [5.41, 5.74) is 0.842. The number of ether oxygens (including phenoxy) is 1. The number of nitrogens with one attached hydrogen (secondary N) is 1. The lowest BCUT2D eigenvalue weighted by Crippen LogP contribution is -2.27. The maximum Gasteiger partial charge on any atom is 0.163 e. The summed E-state index contributed by atoms with van der Waals surface area (Å²) in [5.74, 6) is 1.51. The molecule has 6 heteroatoms. The Bertz CT molecular complexity index is 597. The first-order valence-electron chi connectivity index (χ1n) is 7.74. The van der Waals surface area contributed by atoms with E-state index < -0.39 is 0 Å². The highest BCUT2D eigenvalue weighted by molar-refractivity contribution is 5.85. The maximum atomic E-state index is 6.01. The van der Waals surface area contributed by atoms with E-state index in [1.54, 1.807) is 17.2 Å². The van der Waals surface area contributed by atoms with Crippen molar-refractivity contribution in [1.82, 2.24) is 19.7 Å². The van der Waals surface area contributed by atoms with Gasteiger partial charge in [-0.05, 0) is 18.8 Å². The Morgan fingerprint density at radius 1 is 1.33 bits per heavy atom. The van der Waals surface area contributed by atoms with Crippen LogP contribution in [0.15, 0.2) is 12.5 Å². The molecule has 2 atom stereocenters. The van der Waals surface area contributed by atoms with Crippen LogP contribution in [0.5, 0.6) is 0 Å². The van der Waals surface area contributed by atoms with Crippen LogP contribution in [0.2, 0.25) is 0 Å². The van der Waals surface area contributed by atoms with Crippen molar-refractivity contribution in [2.45, 2.75) is 38.7 Å². The van der Waals surface area contributed by atoms with Crippen molar-refractivity contribution < 1.29 is 4.74 Å².